The Kier molecular flexibility index (Phi) is 8.43. The van der Waals surface area contributed by atoms with Gasteiger partial charge in [-0.1, -0.05) is 5.92 Å². The van der Waals surface area contributed by atoms with Crippen LogP contribution in [0, 0.1) is 36.5 Å². The molecule has 102 valence electrons. The zero-order valence-electron chi connectivity index (χ0n) is 10.6. The Morgan fingerprint density at radius 2 is 1.74 bits per heavy atom. The highest BCUT2D eigenvalue weighted by Gasteiger charge is 2.40. The van der Waals surface area contributed by atoms with Gasteiger partial charge >= 0.3 is 13.6 Å². The van der Waals surface area contributed by atoms with Crippen LogP contribution < -0.4 is 0 Å². The molecule has 0 radical (unpaired) electrons. The summed E-state index contributed by atoms with van der Waals surface area (Å²) in [6.07, 6.45) is 10.5. The summed E-state index contributed by atoms with van der Waals surface area (Å²) in [5, 5.41) is 9.04. The van der Waals surface area contributed by atoms with E-state index >= 15 is 0 Å². The fraction of sp³-hybridized carbons (Fsp3) is 0.462. The largest absolute Gasteiger partial charge is 0.480 e. The molecule has 1 unspecified atom stereocenters. The second kappa shape index (κ2) is 9.26. The molecule has 0 bridgehead atoms. The van der Waals surface area contributed by atoms with Gasteiger partial charge in [0.2, 0.25) is 5.66 Å². The van der Waals surface area contributed by atoms with Gasteiger partial charge in [0.25, 0.3) is 0 Å². The number of carboxylic acids is 1. The standard InChI is InChI=1S/C13H15O5P/c1-4-7-10-17-19(16,18-11-8-5-2)12(9-6-3)13(14)15/h1-2,12H,7-8,10-11H2,3H3,(H,14,15). The van der Waals surface area contributed by atoms with Gasteiger partial charge in [-0.3, -0.25) is 9.36 Å². The van der Waals surface area contributed by atoms with E-state index in [1.54, 1.807) is 0 Å². The summed E-state index contributed by atoms with van der Waals surface area (Å²) in [4.78, 5) is 11.1. The smallest absolute Gasteiger partial charge is 0.356 e. The van der Waals surface area contributed by atoms with Gasteiger partial charge in [-0.05, 0) is 6.92 Å². The van der Waals surface area contributed by atoms with Gasteiger partial charge in [0.05, 0.1) is 13.2 Å². The molecule has 0 saturated carbocycles. The van der Waals surface area contributed by atoms with Crippen LogP contribution in [0.5, 0.6) is 0 Å². The Bertz CT molecular complexity index is 462. The van der Waals surface area contributed by atoms with Crippen molar-refractivity contribution in [3.05, 3.63) is 0 Å². The summed E-state index contributed by atoms with van der Waals surface area (Å²) in [5.74, 6) is 7.91. The van der Waals surface area contributed by atoms with Crippen LogP contribution in [0.3, 0.4) is 0 Å². The van der Waals surface area contributed by atoms with Crippen molar-refractivity contribution in [1.29, 1.82) is 0 Å². The van der Waals surface area contributed by atoms with Crippen molar-refractivity contribution in [2.45, 2.75) is 25.4 Å². The van der Waals surface area contributed by atoms with E-state index in [0.717, 1.165) is 0 Å². The number of aliphatic carboxylic acids is 1. The number of rotatable bonds is 8. The zero-order chi connectivity index (χ0) is 14.7. The minimum Gasteiger partial charge on any atom is -0.480 e. The van der Waals surface area contributed by atoms with E-state index in [-0.39, 0.29) is 26.1 Å². The number of hydrogen-bond acceptors (Lipinski definition) is 4. The summed E-state index contributed by atoms with van der Waals surface area (Å²) >= 11 is 0. The maximum atomic E-state index is 12.4. The topological polar surface area (TPSA) is 72.8 Å². The molecule has 0 aromatic rings. The first-order valence-corrected chi connectivity index (χ1v) is 7.03. The minimum atomic E-state index is -3.93. The molecule has 0 aliphatic rings. The zero-order valence-corrected chi connectivity index (χ0v) is 11.5. The van der Waals surface area contributed by atoms with Crippen molar-refractivity contribution >= 4 is 13.6 Å². The van der Waals surface area contributed by atoms with E-state index in [4.69, 9.17) is 27.0 Å². The summed E-state index contributed by atoms with van der Waals surface area (Å²) in [7, 11) is -3.93. The van der Waals surface area contributed by atoms with Gasteiger partial charge < -0.3 is 14.2 Å². The highest BCUT2D eigenvalue weighted by molar-refractivity contribution is 7.56. The second-order valence-electron chi connectivity index (χ2n) is 3.25. The number of carboxylic acid groups (broad SMARTS) is 1. The summed E-state index contributed by atoms with van der Waals surface area (Å²) in [6.45, 7) is 1.29. The molecular weight excluding hydrogens is 267 g/mol. The fourth-order valence-electron chi connectivity index (χ4n) is 1.06. The van der Waals surface area contributed by atoms with Crippen LogP contribution in [0.1, 0.15) is 19.8 Å². The van der Waals surface area contributed by atoms with Gasteiger partial charge in [0.15, 0.2) is 0 Å². The molecular formula is C13H15O5P. The average Bonchev–Trinajstić information content (AvgIpc) is 2.36. The molecule has 0 saturated heterocycles. The van der Waals surface area contributed by atoms with Gasteiger partial charge in [0.1, 0.15) is 0 Å². The van der Waals surface area contributed by atoms with Crippen LogP contribution in [0.2, 0.25) is 0 Å². The molecule has 0 aliphatic carbocycles. The molecule has 0 aliphatic heterocycles. The first-order chi connectivity index (χ1) is 9.01. The van der Waals surface area contributed by atoms with Crippen molar-refractivity contribution in [3.63, 3.8) is 0 Å². The van der Waals surface area contributed by atoms with Crippen molar-refractivity contribution in [1.82, 2.24) is 0 Å². The predicted molar refractivity (Wildman–Crippen MR) is 71.3 cm³/mol. The lowest BCUT2D eigenvalue weighted by molar-refractivity contribution is -0.135. The number of terminal acetylenes is 2. The maximum absolute atomic E-state index is 12.4. The van der Waals surface area contributed by atoms with Crippen molar-refractivity contribution < 1.29 is 23.5 Å². The van der Waals surface area contributed by atoms with E-state index in [0.29, 0.717) is 0 Å². The van der Waals surface area contributed by atoms with E-state index < -0.39 is 19.2 Å². The first kappa shape index (κ1) is 17.3. The van der Waals surface area contributed by atoms with Crippen molar-refractivity contribution in [3.8, 4) is 36.5 Å². The van der Waals surface area contributed by atoms with Crippen molar-refractivity contribution in [2.75, 3.05) is 13.2 Å². The molecule has 5 nitrogen and oxygen atoms in total. The van der Waals surface area contributed by atoms with Crippen LogP contribution >= 0.6 is 7.60 Å². The monoisotopic (exact) mass is 282 g/mol. The van der Waals surface area contributed by atoms with Gasteiger partial charge in [-0.25, -0.2) is 0 Å². The lowest BCUT2D eigenvalue weighted by atomic mass is 10.4. The lowest BCUT2D eigenvalue weighted by Gasteiger charge is -2.20. The highest BCUT2D eigenvalue weighted by Crippen LogP contribution is 2.53. The average molecular weight is 282 g/mol. The predicted octanol–water partition coefficient (Wildman–Crippen LogP) is 1.74. The van der Waals surface area contributed by atoms with E-state index in [2.05, 4.69) is 23.7 Å². The SMILES string of the molecule is C#CCCOP(=O)(OCCC#C)C(C#CC)C(=O)O. The fourth-order valence-corrected chi connectivity index (χ4v) is 2.68. The van der Waals surface area contributed by atoms with Gasteiger partial charge in [0, 0.05) is 12.8 Å². The van der Waals surface area contributed by atoms with Crippen molar-refractivity contribution in [2.24, 2.45) is 0 Å². The summed E-state index contributed by atoms with van der Waals surface area (Å²) in [6, 6.07) is 0. The normalized spacial score (nSPS) is 11.5. The Balaban J connectivity index is 5.04. The van der Waals surface area contributed by atoms with E-state index in [9.17, 15) is 9.36 Å². The summed E-state index contributed by atoms with van der Waals surface area (Å²) in [5.41, 5.74) is -1.55. The minimum absolute atomic E-state index is 0.0704. The number of hydrogen-bond donors (Lipinski definition) is 1. The van der Waals surface area contributed by atoms with Gasteiger partial charge in [-0.15, -0.1) is 30.6 Å². The van der Waals surface area contributed by atoms with Crippen LogP contribution in [0.4, 0.5) is 0 Å². The molecule has 0 spiro atoms. The Hall–Kier alpha value is -1.70. The van der Waals surface area contributed by atoms with Crippen LogP contribution in [-0.2, 0) is 18.4 Å². The van der Waals surface area contributed by atoms with E-state index in [1.807, 2.05) is 0 Å². The Labute approximate surface area is 113 Å². The summed E-state index contributed by atoms with van der Waals surface area (Å²) < 4.78 is 22.5. The molecule has 19 heavy (non-hydrogen) atoms. The molecule has 6 heteroatoms. The van der Waals surface area contributed by atoms with Crippen LogP contribution in [-0.4, -0.2) is 29.9 Å². The first-order valence-electron chi connectivity index (χ1n) is 5.42. The molecule has 1 atom stereocenters. The quantitative estimate of drug-likeness (QED) is 0.417. The van der Waals surface area contributed by atoms with Gasteiger partial charge in [-0.2, -0.15) is 0 Å². The third-order valence-corrected chi connectivity index (χ3v) is 3.93. The Morgan fingerprint density at radius 1 is 1.26 bits per heavy atom. The van der Waals surface area contributed by atoms with Crippen LogP contribution in [0.25, 0.3) is 0 Å². The molecule has 0 rings (SSSR count). The second-order valence-corrected chi connectivity index (χ2v) is 5.36. The third-order valence-electron chi connectivity index (χ3n) is 1.87. The number of carbonyl (C=O) groups is 1. The highest BCUT2D eigenvalue weighted by atomic mass is 31.2. The maximum Gasteiger partial charge on any atom is 0.356 e. The molecule has 1 N–H and O–H groups in total. The Morgan fingerprint density at radius 3 is 2.05 bits per heavy atom. The molecule has 0 heterocycles. The lowest BCUT2D eigenvalue weighted by Crippen LogP contribution is -2.22. The van der Waals surface area contributed by atoms with Crippen LogP contribution in [0.15, 0.2) is 0 Å². The molecule has 0 aromatic carbocycles. The molecule has 0 aromatic heterocycles. The third kappa shape index (κ3) is 6.14. The van der Waals surface area contributed by atoms with E-state index in [1.165, 1.54) is 6.92 Å². The molecule has 0 fully saturated rings. The molecule has 0 amide bonds.